The monoisotopic (exact) mass is 244 g/mol. The molecule has 0 spiro atoms. The Morgan fingerprint density at radius 2 is 2.00 bits per heavy atom. The molecule has 3 N–H and O–H groups in total. The van der Waals surface area contributed by atoms with Crippen molar-refractivity contribution in [2.45, 2.75) is 18.9 Å². The molecule has 0 bridgehead atoms. The average Bonchev–Trinajstić information content (AvgIpc) is 2.40. The van der Waals surface area contributed by atoms with Gasteiger partial charge in [0.15, 0.2) is 0 Å². The number of fused-ring (bicyclic) bond motifs is 1. The maximum Gasteiger partial charge on any atom is 0.260 e. The summed E-state index contributed by atoms with van der Waals surface area (Å²) in [5.74, 6) is 0.575. The van der Waals surface area contributed by atoms with Gasteiger partial charge in [-0.25, -0.2) is 4.98 Å². The number of hydrogen-bond acceptors (Lipinski definition) is 4. The van der Waals surface area contributed by atoms with Gasteiger partial charge in [0.2, 0.25) is 5.95 Å². The molecule has 5 heteroatoms. The zero-order valence-corrected chi connectivity index (χ0v) is 10.1. The van der Waals surface area contributed by atoms with Crippen molar-refractivity contribution in [1.82, 2.24) is 15.3 Å². The van der Waals surface area contributed by atoms with Crippen LogP contribution in [0, 0.1) is 0 Å². The number of H-pyrrole nitrogens is 1. The molecule has 1 aliphatic heterocycles. The summed E-state index contributed by atoms with van der Waals surface area (Å²) in [6.45, 7) is 2.02. The van der Waals surface area contributed by atoms with E-state index >= 15 is 0 Å². The van der Waals surface area contributed by atoms with Crippen LogP contribution in [0.1, 0.15) is 12.8 Å². The van der Waals surface area contributed by atoms with Crippen molar-refractivity contribution in [3.8, 4) is 0 Å². The first kappa shape index (κ1) is 11.2. The van der Waals surface area contributed by atoms with Gasteiger partial charge in [0.05, 0.1) is 10.9 Å². The molecule has 5 nitrogen and oxygen atoms in total. The number of nitrogens with zero attached hydrogens (tertiary/aromatic N) is 1. The molecule has 1 saturated heterocycles. The SMILES string of the molecule is O=c1[nH]c(NC2CCNCC2)nc2ccccc12. The van der Waals surface area contributed by atoms with Crippen LogP contribution >= 0.6 is 0 Å². The largest absolute Gasteiger partial charge is 0.353 e. The Morgan fingerprint density at radius 1 is 1.22 bits per heavy atom. The molecule has 0 radical (unpaired) electrons. The molecule has 94 valence electrons. The molecule has 0 aliphatic carbocycles. The van der Waals surface area contributed by atoms with Crippen LogP contribution in [0.3, 0.4) is 0 Å². The van der Waals surface area contributed by atoms with Gasteiger partial charge in [-0.05, 0) is 38.1 Å². The summed E-state index contributed by atoms with van der Waals surface area (Å²) in [6, 6.07) is 7.77. The minimum absolute atomic E-state index is 0.0861. The summed E-state index contributed by atoms with van der Waals surface area (Å²) in [4.78, 5) is 19.1. The number of nitrogens with one attached hydrogen (secondary N) is 3. The van der Waals surface area contributed by atoms with E-state index in [1.54, 1.807) is 6.07 Å². The molecule has 2 heterocycles. The maximum atomic E-state index is 11.9. The molecule has 1 aromatic carbocycles. The van der Waals surface area contributed by atoms with E-state index in [1.807, 2.05) is 18.2 Å². The molecular formula is C13H16N4O. The lowest BCUT2D eigenvalue weighted by Gasteiger charge is -2.23. The van der Waals surface area contributed by atoms with Crippen LogP contribution in [0.15, 0.2) is 29.1 Å². The number of anilines is 1. The molecule has 0 atom stereocenters. The van der Waals surface area contributed by atoms with Crippen LogP contribution in [0.25, 0.3) is 10.9 Å². The Hall–Kier alpha value is -1.88. The first-order valence-corrected chi connectivity index (χ1v) is 6.29. The Kier molecular flexibility index (Phi) is 2.98. The predicted molar refractivity (Wildman–Crippen MR) is 71.9 cm³/mol. The topological polar surface area (TPSA) is 69.8 Å². The highest BCUT2D eigenvalue weighted by Gasteiger charge is 2.13. The smallest absolute Gasteiger partial charge is 0.260 e. The molecule has 0 unspecified atom stereocenters. The van der Waals surface area contributed by atoms with Crippen molar-refractivity contribution >= 4 is 16.9 Å². The van der Waals surface area contributed by atoms with E-state index in [4.69, 9.17) is 0 Å². The Morgan fingerprint density at radius 3 is 2.83 bits per heavy atom. The van der Waals surface area contributed by atoms with Gasteiger partial charge in [0.1, 0.15) is 0 Å². The van der Waals surface area contributed by atoms with Crippen LogP contribution < -0.4 is 16.2 Å². The van der Waals surface area contributed by atoms with Crippen LogP contribution in [0.4, 0.5) is 5.95 Å². The quantitative estimate of drug-likeness (QED) is 0.739. The Labute approximate surface area is 105 Å². The highest BCUT2D eigenvalue weighted by Crippen LogP contribution is 2.11. The van der Waals surface area contributed by atoms with Gasteiger partial charge in [0, 0.05) is 6.04 Å². The fraction of sp³-hybridized carbons (Fsp3) is 0.385. The average molecular weight is 244 g/mol. The van der Waals surface area contributed by atoms with Gasteiger partial charge in [-0.3, -0.25) is 9.78 Å². The number of aromatic nitrogens is 2. The summed E-state index contributed by atoms with van der Waals surface area (Å²) < 4.78 is 0. The van der Waals surface area contributed by atoms with E-state index < -0.39 is 0 Å². The molecular weight excluding hydrogens is 228 g/mol. The van der Waals surface area contributed by atoms with E-state index in [2.05, 4.69) is 20.6 Å². The molecule has 1 aromatic heterocycles. The highest BCUT2D eigenvalue weighted by molar-refractivity contribution is 5.78. The summed E-state index contributed by atoms with van der Waals surface area (Å²) in [5, 5.41) is 7.25. The second-order valence-corrected chi connectivity index (χ2v) is 4.60. The molecule has 0 amide bonds. The zero-order valence-electron chi connectivity index (χ0n) is 10.1. The van der Waals surface area contributed by atoms with Crippen LogP contribution in [0.2, 0.25) is 0 Å². The van der Waals surface area contributed by atoms with Crippen molar-refractivity contribution < 1.29 is 0 Å². The summed E-state index contributed by atoms with van der Waals surface area (Å²) in [7, 11) is 0. The maximum absolute atomic E-state index is 11.9. The Bertz CT molecular complexity index is 601. The van der Waals surface area contributed by atoms with Crippen LogP contribution in [-0.2, 0) is 0 Å². The fourth-order valence-electron chi connectivity index (χ4n) is 2.31. The van der Waals surface area contributed by atoms with Crippen molar-refractivity contribution in [3.05, 3.63) is 34.6 Å². The van der Waals surface area contributed by atoms with Gasteiger partial charge < -0.3 is 10.6 Å². The van der Waals surface area contributed by atoms with Crippen LogP contribution in [0.5, 0.6) is 0 Å². The number of aromatic amines is 1. The lowest BCUT2D eigenvalue weighted by atomic mass is 10.1. The third kappa shape index (κ3) is 2.22. The second-order valence-electron chi connectivity index (χ2n) is 4.60. The predicted octanol–water partition coefficient (Wildman–Crippen LogP) is 1.09. The summed E-state index contributed by atoms with van der Waals surface area (Å²) >= 11 is 0. The first-order valence-electron chi connectivity index (χ1n) is 6.29. The van der Waals surface area contributed by atoms with E-state index in [-0.39, 0.29) is 5.56 Å². The second kappa shape index (κ2) is 4.78. The minimum atomic E-state index is -0.0861. The lowest BCUT2D eigenvalue weighted by Crippen LogP contribution is -2.36. The molecule has 18 heavy (non-hydrogen) atoms. The van der Waals surface area contributed by atoms with Gasteiger partial charge in [0.25, 0.3) is 5.56 Å². The molecule has 2 aromatic rings. The zero-order chi connectivity index (χ0) is 12.4. The number of para-hydroxylation sites is 1. The Balaban J connectivity index is 1.90. The van der Waals surface area contributed by atoms with Crippen LogP contribution in [-0.4, -0.2) is 29.1 Å². The standard InChI is InChI=1S/C13H16N4O/c18-12-10-3-1-2-4-11(10)16-13(17-12)15-9-5-7-14-8-6-9/h1-4,9,14H,5-8H2,(H2,15,16,17,18). The molecule has 1 aliphatic rings. The third-order valence-corrected chi connectivity index (χ3v) is 3.29. The lowest BCUT2D eigenvalue weighted by molar-refractivity contribution is 0.477. The number of rotatable bonds is 2. The van der Waals surface area contributed by atoms with Crippen molar-refractivity contribution in [2.24, 2.45) is 0 Å². The van der Waals surface area contributed by atoms with Gasteiger partial charge in [-0.2, -0.15) is 0 Å². The van der Waals surface area contributed by atoms with E-state index in [0.29, 0.717) is 17.4 Å². The summed E-state index contributed by atoms with van der Waals surface area (Å²) in [5.41, 5.74) is 0.648. The number of piperidine rings is 1. The van der Waals surface area contributed by atoms with E-state index in [9.17, 15) is 4.79 Å². The highest BCUT2D eigenvalue weighted by atomic mass is 16.1. The number of benzene rings is 1. The normalized spacial score (nSPS) is 16.9. The minimum Gasteiger partial charge on any atom is -0.353 e. The van der Waals surface area contributed by atoms with Gasteiger partial charge in [-0.15, -0.1) is 0 Å². The first-order chi connectivity index (χ1) is 8.83. The molecule has 0 saturated carbocycles. The molecule has 1 fully saturated rings. The fourth-order valence-corrected chi connectivity index (χ4v) is 2.31. The van der Waals surface area contributed by atoms with Crippen molar-refractivity contribution in [3.63, 3.8) is 0 Å². The molecule has 3 rings (SSSR count). The van der Waals surface area contributed by atoms with Crippen molar-refractivity contribution in [1.29, 1.82) is 0 Å². The number of hydrogen-bond donors (Lipinski definition) is 3. The van der Waals surface area contributed by atoms with Gasteiger partial charge >= 0.3 is 0 Å². The van der Waals surface area contributed by atoms with Crippen molar-refractivity contribution in [2.75, 3.05) is 18.4 Å². The van der Waals surface area contributed by atoms with E-state index in [0.717, 1.165) is 31.4 Å². The van der Waals surface area contributed by atoms with Gasteiger partial charge in [-0.1, -0.05) is 12.1 Å². The van der Waals surface area contributed by atoms with E-state index in [1.165, 1.54) is 0 Å². The third-order valence-electron chi connectivity index (χ3n) is 3.29. The summed E-state index contributed by atoms with van der Waals surface area (Å²) in [6.07, 6.45) is 2.10.